The van der Waals surface area contributed by atoms with Crippen molar-refractivity contribution < 1.29 is 17.3 Å². The van der Waals surface area contributed by atoms with E-state index in [9.17, 15) is 12.8 Å². The molecular formula is C16H13ClFN3O3S. The van der Waals surface area contributed by atoms with Gasteiger partial charge in [0.25, 0.3) is 5.89 Å². The topological polar surface area (TPSA) is 85.1 Å². The number of halogens is 2. The molecule has 0 aliphatic heterocycles. The fourth-order valence-corrected chi connectivity index (χ4v) is 2.85. The van der Waals surface area contributed by atoms with Crippen LogP contribution in [-0.2, 0) is 10.0 Å². The Bertz CT molecular complexity index is 1000. The van der Waals surface area contributed by atoms with Gasteiger partial charge >= 0.3 is 0 Å². The van der Waals surface area contributed by atoms with Crippen molar-refractivity contribution in [2.45, 2.75) is 6.92 Å². The van der Waals surface area contributed by atoms with Crippen molar-refractivity contribution in [3.8, 4) is 22.8 Å². The lowest BCUT2D eigenvalue weighted by molar-refractivity contribution is 0.432. The number of benzene rings is 2. The first-order valence-corrected chi connectivity index (χ1v) is 9.31. The highest BCUT2D eigenvalue weighted by atomic mass is 35.5. The average molecular weight is 382 g/mol. The predicted molar refractivity (Wildman–Crippen MR) is 93.2 cm³/mol. The molecule has 0 spiro atoms. The first kappa shape index (κ1) is 17.4. The van der Waals surface area contributed by atoms with Crippen LogP contribution in [0, 0.1) is 5.82 Å². The average Bonchev–Trinajstić information content (AvgIpc) is 3.08. The van der Waals surface area contributed by atoms with E-state index in [0.717, 1.165) is 0 Å². The smallest absolute Gasteiger partial charge is 0.258 e. The summed E-state index contributed by atoms with van der Waals surface area (Å²) in [6.45, 7) is 1.55. The Morgan fingerprint density at radius 2 is 1.84 bits per heavy atom. The first-order valence-electron chi connectivity index (χ1n) is 7.28. The van der Waals surface area contributed by atoms with Gasteiger partial charge in [-0.1, -0.05) is 16.8 Å². The molecule has 1 heterocycles. The highest BCUT2D eigenvalue weighted by molar-refractivity contribution is 7.92. The summed E-state index contributed by atoms with van der Waals surface area (Å²) in [5, 5.41) is 3.84. The van der Waals surface area contributed by atoms with Crippen LogP contribution in [0.1, 0.15) is 6.92 Å². The zero-order valence-corrected chi connectivity index (χ0v) is 14.6. The summed E-state index contributed by atoms with van der Waals surface area (Å²) in [5.74, 6) is -0.0216. The number of hydrogen-bond acceptors (Lipinski definition) is 5. The van der Waals surface area contributed by atoms with Crippen LogP contribution in [0.5, 0.6) is 0 Å². The predicted octanol–water partition coefficient (Wildman–Crippen LogP) is 3.96. The van der Waals surface area contributed by atoms with Gasteiger partial charge in [-0.3, -0.25) is 4.72 Å². The van der Waals surface area contributed by atoms with Crippen molar-refractivity contribution in [1.82, 2.24) is 10.1 Å². The fraction of sp³-hybridized carbons (Fsp3) is 0.125. The molecule has 1 N–H and O–H groups in total. The van der Waals surface area contributed by atoms with Crippen molar-refractivity contribution >= 4 is 27.3 Å². The molecule has 0 saturated carbocycles. The summed E-state index contributed by atoms with van der Waals surface area (Å²) < 4.78 is 43.9. The molecule has 2 aromatic carbocycles. The molecule has 3 aromatic rings. The molecule has 3 rings (SSSR count). The van der Waals surface area contributed by atoms with Gasteiger partial charge in [0.2, 0.25) is 15.8 Å². The van der Waals surface area contributed by atoms with E-state index in [2.05, 4.69) is 14.9 Å². The van der Waals surface area contributed by atoms with Gasteiger partial charge in [-0.2, -0.15) is 4.98 Å². The number of hydrogen-bond donors (Lipinski definition) is 1. The summed E-state index contributed by atoms with van der Waals surface area (Å²) in [5.41, 5.74) is 1.58. The van der Waals surface area contributed by atoms with Crippen LogP contribution >= 0.6 is 11.6 Å². The molecule has 25 heavy (non-hydrogen) atoms. The lowest BCUT2D eigenvalue weighted by atomic mass is 10.2. The standard InChI is InChI=1S/C16H13ClFN3O3S/c1-2-25(22,23)21-12-6-3-10(4-7-12)15-19-16(24-20-15)11-5-8-14(18)13(17)9-11/h3-9,21H,2H2,1H3. The molecule has 0 saturated heterocycles. The van der Waals surface area contributed by atoms with Crippen molar-refractivity contribution in [2.75, 3.05) is 10.5 Å². The number of nitrogens with zero attached hydrogens (tertiary/aromatic N) is 2. The Labute approximate surface area is 148 Å². The number of aromatic nitrogens is 2. The molecule has 0 amide bonds. The van der Waals surface area contributed by atoms with Gasteiger partial charge in [0.05, 0.1) is 10.8 Å². The second-order valence-corrected chi connectivity index (χ2v) is 7.55. The molecule has 0 aliphatic rings. The maximum absolute atomic E-state index is 13.2. The van der Waals surface area contributed by atoms with Gasteiger partial charge in [0.15, 0.2) is 0 Å². The van der Waals surface area contributed by atoms with Crippen molar-refractivity contribution in [3.05, 3.63) is 53.3 Å². The van der Waals surface area contributed by atoms with Crippen molar-refractivity contribution in [3.63, 3.8) is 0 Å². The molecule has 130 valence electrons. The third-order valence-electron chi connectivity index (χ3n) is 3.39. The number of nitrogens with one attached hydrogen (secondary N) is 1. The number of rotatable bonds is 5. The number of sulfonamides is 1. The van der Waals surface area contributed by atoms with Gasteiger partial charge in [0, 0.05) is 16.8 Å². The van der Waals surface area contributed by atoms with E-state index >= 15 is 0 Å². The molecule has 0 radical (unpaired) electrons. The highest BCUT2D eigenvalue weighted by Crippen LogP contribution is 2.26. The van der Waals surface area contributed by atoms with Crippen LogP contribution in [0.15, 0.2) is 47.0 Å². The van der Waals surface area contributed by atoms with E-state index in [4.69, 9.17) is 16.1 Å². The maximum Gasteiger partial charge on any atom is 0.258 e. The largest absolute Gasteiger partial charge is 0.334 e. The van der Waals surface area contributed by atoms with Gasteiger partial charge in [-0.25, -0.2) is 12.8 Å². The van der Waals surface area contributed by atoms with E-state index in [0.29, 0.717) is 22.6 Å². The Balaban J connectivity index is 1.83. The summed E-state index contributed by atoms with van der Waals surface area (Å²) in [7, 11) is -3.33. The SMILES string of the molecule is CCS(=O)(=O)Nc1ccc(-c2noc(-c3ccc(F)c(Cl)c3)n2)cc1. The van der Waals surface area contributed by atoms with Crippen LogP contribution in [0.25, 0.3) is 22.8 Å². The van der Waals surface area contributed by atoms with Gasteiger partial charge < -0.3 is 4.52 Å². The van der Waals surface area contributed by atoms with E-state index in [1.807, 2.05) is 0 Å². The summed E-state index contributed by atoms with van der Waals surface area (Å²) >= 11 is 5.75. The first-order chi connectivity index (χ1) is 11.9. The third kappa shape index (κ3) is 3.97. The van der Waals surface area contributed by atoms with Gasteiger partial charge in [-0.15, -0.1) is 0 Å². The van der Waals surface area contributed by atoms with Crippen LogP contribution in [0.3, 0.4) is 0 Å². The molecular weight excluding hydrogens is 369 g/mol. The van der Waals surface area contributed by atoms with Gasteiger partial charge in [-0.05, 0) is 49.4 Å². The van der Waals surface area contributed by atoms with Crippen LogP contribution in [0.4, 0.5) is 10.1 Å². The molecule has 0 fully saturated rings. The van der Waals surface area contributed by atoms with Crippen molar-refractivity contribution in [2.24, 2.45) is 0 Å². The van der Waals surface area contributed by atoms with Crippen LogP contribution in [0.2, 0.25) is 5.02 Å². The summed E-state index contributed by atoms with van der Waals surface area (Å²) in [6.07, 6.45) is 0. The zero-order valence-electron chi connectivity index (χ0n) is 13.0. The molecule has 6 nitrogen and oxygen atoms in total. The maximum atomic E-state index is 13.2. The quantitative estimate of drug-likeness (QED) is 0.723. The molecule has 0 unspecified atom stereocenters. The Morgan fingerprint density at radius 1 is 1.16 bits per heavy atom. The number of anilines is 1. The Morgan fingerprint density at radius 3 is 2.48 bits per heavy atom. The van der Waals surface area contributed by atoms with E-state index in [1.54, 1.807) is 31.2 Å². The second-order valence-electron chi connectivity index (χ2n) is 5.13. The lowest BCUT2D eigenvalue weighted by Gasteiger charge is -2.05. The lowest BCUT2D eigenvalue weighted by Crippen LogP contribution is -2.14. The minimum absolute atomic E-state index is 0.0107. The minimum Gasteiger partial charge on any atom is -0.334 e. The summed E-state index contributed by atoms with van der Waals surface area (Å²) in [6, 6.07) is 10.6. The third-order valence-corrected chi connectivity index (χ3v) is 4.99. The zero-order chi connectivity index (χ0) is 18.0. The summed E-state index contributed by atoms with van der Waals surface area (Å²) in [4.78, 5) is 4.24. The second kappa shape index (κ2) is 6.81. The molecule has 0 bridgehead atoms. The van der Waals surface area contributed by atoms with Crippen LogP contribution < -0.4 is 4.72 Å². The van der Waals surface area contributed by atoms with Gasteiger partial charge in [0.1, 0.15) is 5.82 Å². The molecule has 1 aromatic heterocycles. The van der Waals surface area contributed by atoms with E-state index < -0.39 is 15.8 Å². The molecule has 9 heteroatoms. The van der Waals surface area contributed by atoms with Crippen LogP contribution in [-0.4, -0.2) is 24.3 Å². The van der Waals surface area contributed by atoms with Crippen molar-refractivity contribution in [1.29, 1.82) is 0 Å². The molecule has 0 aliphatic carbocycles. The Hall–Kier alpha value is -2.45. The minimum atomic E-state index is -3.33. The highest BCUT2D eigenvalue weighted by Gasteiger charge is 2.13. The fourth-order valence-electron chi connectivity index (χ4n) is 2.03. The monoisotopic (exact) mass is 381 g/mol. The van der Waals surface area contributed by atoms with E-state index in [-0.39, 0.29) is 16.7 Å². The Kier molecular flexibility index (Phi) is 4.73. The molecule has 0 atom stereocenters. The normalized spacial score (nSPS) is 11.5. The van der Waals surface area contributed by atoms with E-state index in [1.165, 1.54) is 18.2 Å².